The Balaban J connectivity index is 0.927. The van der Waals surface area contributed by atoms with Gasteiger partial charge in [0.2, 0.25) is 0 Å². The Bertz CT molecular complexity index is 2320. The van der Waals surface area contributed by atoms with E-state index in [1.807, 2.05) is 0 Å². The summed E-state index contributed by atoms with van der Waals surface area (Å²) in [5.41, 5.74) is -2.32. The van der Waals surface area contributed by atoms with Gasteiger partial charge in [0, 0.05) is 16.7 Å². The van der Waals surface area contributed by atoms with Gasteiger partial charge in [-0.3, -0.25) is 0 Å². The average Bonchev–Trinajstić information content (AvgIpc) is 1.28. The topological polar surface area (TPSA) is 467 Å². The second-order valence-corrected chi connectivity index (χ2v) is 28.8. The highest BCUT2D eigenvalue weighted by Crippen LogP contribution is 2.75. The lowest BCUT2D eigenvalue weighted by atomic mass is 9.38. The molecule has 0 bridgehead atoms. The summed E-state index contributed by atoms with van der Waals surface area (Å²) in [4.78, 5) is 0. The lowest BCUT2D eigenvalue weighted by Crippen LogP contribution is -2.68. The third kappa shape index (κ3) is 12.4. The minimum absolute atomic E-state index is 0.0238. The van der Waals surface area contributed by atoms with Gasteiger partial charge in [-0.05, 0) is 99.7 Å². The Labute approximate surface area is 512 Å². The molecule has 8 fully saturated rings. The molecule has 0 spiro atoms. The third-order valence-corrected chi connectivity index (χ3v) is 23.2. The molecule has 9 rings (SSSR count). The zero-order chi connectivity index (χ0) is 64.8. The van der Waals surface area contributed by atoms with Crippen molar-refractivity contribution in [3.63, 3.8) is 0 Å². The van der Waals surface area contributed by atoms with E-state index in [0.717, 1.165) is 18.4 Å². The Kier molecular flexibility index (Phi) is 21.8. The summed E-state index contributed by atoms with van der Waals surface area (Å²) in [5, 5.41) is 207. The summed E-state index contributed by atoms with van der Waals surface area (Å²) >= 11 is 0. The smallest absolute Gasteiger partial charge is 0.187 e. The number of rotatable bonds is 19. The van der Waals surface area contributed by atoms with E-state index in [1.165, 1.54) is 13.8 Å². The molecule has 5 saturated heterocycles. The summed E-state index contributed by atoms with van der Waals surface area (Å²) < 4.78 is 54.2. The van der Waals surface area contributed by atoms with Gasteiger partial charge in [0.1, 0.15) is 104 Å². The zero-order valence-electron chi connectivity index (χ0n) is 51.4. The van der Waals surface area contributed by atoms with Gasteiger partial charge >= 0.3 is 0 Å². The molecule has 5 unspecified atom stereocenters. The van der Waals surface area contributed by atoms with E-state index in [1.54, 1.807) is 0 Å². The highest BCUT2D eigenvalue weighted by molar-refractivity contribution is 5.32. The SMILES string of the molecule is C[C@H](CC[C@@H](O[C@@H]1O[C@H](COC2O[C@H](CO)[C@@H](O)[C@H](O)[C@H]2O)[C@@H](O)[C@H](O)[C@H]1O[C@@H]1O[C@H](CO)C([C@H]2O[C@H](CO)[C@@H](O)[C@H](O)[C@H]2O)[C@H](O)[C@H]1O)C(C)(C)O)C1CC[C@@]2(C)C3CC=C4C(CC[C@H](O[C@@H]5O[C@H](CO)[C@@H](O)[C@H](O)[C@H]5O)C4(C)C)[C@]3(C)[C@H](O)C[C@]12C. The van der Waals surface area contributed by atoms with Crippen molar-refractivity contribution in [3.05, 3.63) is 11.6 Å². The van der Waals surface area contributed by atoms with Crippen molar-refractivity contribution in [1.82, 2.24) is 0 Å². The van der Waals surface area contributed by atoms with Crippen LogP contribution in [0, 0.1) is 51.2 Å². The van der Waals surface area contributed by atoms with Crippen molar-refractivity contribution in [2.45, 2.75) is 278 Å². The van der Waals surface area contributed by atoms with Crippen molar-refractivity contribution in [2.24, 2.45) is 51.2 Å². The minimum atomic E-state index is -2.10. The van der Waals surface area contributed by atoms with Crippen LogP contribution in [0.1, 0.15) is 107 Å². The fraction of sp³-hybridized carbons (Fsp3) is 0.967. The van der Waals surface area contributed by atoms with Crippen molar-refractivity contribution >= 4 is 0 Å². The zero-order valence-corrected chi connectivity index (χ0v) is 51.4. The van der Waals surface area contributed by atoms with Crippen LogP contribution in [0.15, 0.2) is 11.6 Å². The molecule has 510 valence electrons. The molecule has 0 aromatic heterocycles. The minimum Gasteiger partial charge on any atom is -0.394 e. The highest BCUT2D eigenvalue weighted by Gasteiger charge is 2.71. The maximum atomic E-state index is 12.8. The van der Waals surface area contributed by atoms with Crippen LogP contribution < -0.4 is 0 Å². The van der Waals surface area contributed by atoms with E-state index in [-0.39, 0.29) is 40.9 Å². The number of hydrogen-bond acceptors (Lipinski definition) is 28. The molecule has 28 nitrogen and oxygen atoms in total. The Morgan fingerprint density at radius 2 is 1.06 bits per heavy atom. The fourth-order valence-corrected chi connectivity index (χ4v) is 17.5. The maximum Gasteiger partial charge on any atom is 0.187 e. The van der Waals surface area contributed by atoms with Gasteiger partial charge in [-0.25, -0.2) is 0 Å². The number of allylic oxidation sites excluding steroid dienone is 1. The first-order chi connectivity index (χ1) is 41.2. The Morgan fingerprint density at radius 3 is 1.65 bits per heavy atom. The number of hydrogen-bond donors (Lipinski definition) is 19. The van der Waals surface area contributed by atoms with E-state index >= 15 is 0 Å². The summed E-state index contributed by atoms with van der Waals surface area (Å²) in [6, 6.07) is 0. The molecule has 4 aliphatic carbocycles. The van der Waals surface area contributed by atoms with E-state index in [2.05, 4.69) is 47.6 Å². The standard InChI is InChI=1S/C60H102O28/c1-23(24-15-16-58(6)32-12-10-25-26(60(32,8)33(65)17-59(24,58)7)11-14-34(56(25,2)3)86-53-49(78)44(73)39(68)30(21-64)84-53)9-13-35(57(4,5)79)87-55-51(45(74)40(69)31(85-55)22-80-52-48(77)43(72)38(67)29(20-63)83-52)88-54-47(76)41(70)36(27(18-61)82-54)50-46(75)42(71)37(66)28(19-62)81-50/h10,23-24,26-55,61-79H,9,11-22H2,1-8H3/t23-,24?,26?,27-,28-,29-,30-,31-,32?,33-,34+,35-,36?,37-,38-,39-,40-,41+,42+,43+,44+,45+,46-,47-,48-,49-,50-,51-,52?,53+,54+,55+,58+,59-,60+/m1/s1. The molecule has 9 aliphatic rings. The largest absolute Gasteiger partial charge is 0.394 e. The molecule has 35 atom stereocenters. The summed E-state index contributed by atoms with van der Waals surface area (Å²) in [6.07, 6.45) is -36.4. The quantitative estimate of drug-likeness (QED) is 0.0538. The Morgan fingerprint density at radius 1 is 0.545 bits per heavy atom. The molecule has 3 saturated carbocycles. The van der Waals surface area contributed by atoms with Crippen LogP contribution in [-0.4, -0.2) is 301 Å². The van der Waals surface area contributed by atoms with Crippen LogP contribution in [0.3, 0.4) is 0 Å². The lowest BCUT2D eigenvalue weighted by Gasteiger charge is -2.67. The molecular formula is C60H102O28. The normalized spacial score (nSPS) is 52.2. The molecule has 0 aromatic rings. The molecule has 0 radical (unpaired) electrons. The average molecular weight is 1270 g/mol. The van der Waals surface area contributed by atoms with Crippen molar-refractivity contribution < 1.29 is 140 Å². The molecular weight excluding hydrogens is 1170 g/mol. The molecule has 5 aliphatic heterocycles. The number of ether oxygens (including phenoxy) is 9. The van der Waals surface area contributed by atoms with Crippen LogP contribution in [0.2, 0.25) is 0 Å². The van der Waals surface area contributed by atoms with Gasteiger partial charge in [-0.2, -0.15) is 0 Å². The molecule has 5 heterocycles. The van der Waals surface area contributed by atoms with Crippen LogP contribution in [0.4, 0.5) is 0 Å². The first-order valence-corrected chi connectivity index (χ1v) is 31.4. The number of aliphatic hydroxyl groups is 19. The monoisotopic (exact) mass is 1270 g/mol. The van der Waals surface area contributed by atoms with Gasteiger partial charge in [0.05, 0.1) is 75.3 Å². The van der Waals surface area contributed by atoms with E-state index in [9.17, 15) is 97.0 Å². The van der Waals surface area contributed by atoms with Crippen LogP contribution in [0.5, 0.6) is 0 Å². The van der Waals surface area contributed by atoms with Crippen molar-refractivity contribution in [1.29, 1.82) is 0 Å². The molecule has 19 N–H and O–H groups in total. The van der Waals surface area contributed by atoms with Gasteiger partial charge < -0.3 is 140 Å². The first-order valence-electron chi connectivity index (χ1n) is 31.4. The summed E-state index contributed by atoms with van der Waals surface area (Å²) in [5.74, 6) is -1.49. The van der Waals surface area contributed by atoms with Crippen molar-refractivity contribution in [2.75, 3.05) is 33.0 Å². The second-order valence-electron chi connectivity index (χ2n) is 28.8. The van der Waals surface area contributed by atoms with E-state index in [0.29, 0.717) is 32.1 Å². The third-order valence-electron chi connectivity index (χ3n) is 23.2. The molecule has 0 amide bonds. The molecule has 28 heteroatoms. The van der Waals surface area contributed by atoms with Gasteiger partial charge in [0.15, 0.2) is 25.2 Å². The fourth-order valence-electron chi connectivity index (χ4n) is 17.5. The number of aliphatic hydroxyl groups excluding tert-OH is 18. The lowest BCUT2D eigenvalue weighted by molar-refractivity contribution is -0.383. The van der Waals surface area contributed by atoms with Crippen LogP contribution in [-0.2, 0) is 42.6 Å². The first kappa shape index (κ1) is 70.9. The Hall–Kier alpha value is -1.38. The predicted molar refractivity (Wildman–Crippen MR) is 299 cm³/mol. The predicted octanol–water partition coefficient (Wildman–Crippen LogP) is -5.13. The number of fused-ring (bicyclic) bond motifs is 5. The summed E-state index contributed by atoms with van der Waals surface area (Å²) in [7, 11) is 0. The van der Waals surface area contributed by atoms with E-state index in [4.69, 9.17) is 42.6 Å². The highest BCUT2D eigenvalue weighted by atomic mass is 16.8. The maximum absolute atomic E-state index is 12.8. The summed E-state index contributed by atoms with van der Waals surface area (Å²) in [6.45, 7) is 12.3. The second kappa shape index (κ2) is 27.0. The van der Waals surface area contributed by atoms with Crippen molar-refractivity contribution in [3.8, 4) is 0 Å². The molecule has 0 aromatic carbocycles. The van der Waals surface area contributed by atoms with Gasteiger partial charge in [-0.15, -0.1) is 0 Å². The van der Waals surface area contributed by atoms with Gasteiger partial charge in [0.25, 0.3) is 0 Å². The van der Waals surface area contributed by atoms with Gasteiger partial charge in [-0.1, -0.05) is 53.2 Å². The molecule has 88 heavy (non-hydrogen) atoms. The van der Waals surface area contributed by atoms with Crippen LogP contribution in [0.25, 0.3) is 0 Å². The van der Waals surface area contributed by atoms with Crippen LogP contribution >= 0.6 is 0 Å². The van der Waals surface area contributed by atoms with E-state index < -0.39 is 221 Å².